The molecule has 0 saturated heterocycles. The summed E-state index contributed by atoms with van der Waals surface area (Å²) < 4.78 is 28.7. The smallest absolute Gasteiger partial charge is 0.128 e. The van der Waals surface area contributed by atoms with E-state index in [1.165, 1.54) is 25.0 Å². The van der Waals surface area contributed by atoms with E-state index in [0.29, 0.717) is 18.2 Å². The van der Waals surface area contributed by atoms with Gasteiger partial charge in [0.2, 0.25) is 0 Å². The lowest BCUT2D eigenvalue weighted by atomic mass is 10.2. The molecule has 0 aliphatic heterocycles. The highest BCUT2D eigenvalue weighted by Gasteiger charge is 2.20. The van der Waals surface area contributed by atoms with Crippen LogP contribution in [0.25, 0.3) is 0 Å². The summed E-state index contributed by atoms with van der Waals surface area (Å²) in [5.41, 5.74) is 1.47. The fourth-order valence-corrected chi connectivity index (χ4v) is 2.15. The second kappa shape index (κ2) is 5.13. The van der Waals surface area contributed by atoms with Crippen molar-refractivity contribution in [3.8, 4) is 0 Å². The van der Waals surface area contributed by atoms with Gasteiger partial charge >= 0.3 is 0 Å². The highest BCUT2D eigenvalue weighted by molar-refractivity contribution is 5.20. The number of nitrogens with zero attached hydrogens (tertiary/aromatic N) is 1. The van der Waals surface area contributed by atoms with Crippen molar-refractivity contribution < 1.29 is 8.78 Å². The van der Waals surface area contributed by atoms with E-state index >= 15 is 0 Å². The molecule has 1 aliphatic rings. The predicted octanol–water partition coefficient (Wildman–Crippen LogP) is 3.07. The van der Waals surface area contributed by atoms with Crippen molar-refractivity contribution in [1.29, 1.82) is 0 Å². The van der Waals surface area contributed by atoms with E-state index in [4.69, 9.17) is 0 Å². The van der Waals surface area contributed by atoms with E-state index < -0.39 is 5.82 Å². The summed E-state index contributed by atoms with van der Waals surface area (Å²) >= 11 is 0. The molecule has 1 fully saturated rings. The quantitative estimate of drug-likeness (QED) is 0.876. The zero-order valence-corrected chi connectivity index (χ0v) is 10.6. The Balaban J connectivity index is 1.74. The number of nitrogens with one attached hydrogen (secondary N) is 1. The summed E-state index contributed by atoms with van der Waals surface area (Å²) in [6, 6.07) is 8.15. The van der Waals surface area contributed by atoms with Crippen LogP contribution in [-0.4, -0.2) is 10.6 Å². The van der Waals surface area contributed by atoms with Crippen molar-refractivity contribution in [2.45, 2.75) is 32.0 Å². The van der Waals surface area contributed by atoms with Crippen molar-refractivity contribution in [2.75, 3.05) is 0 Å². The van der Waals surface area contributed by atoms with Gasteiger partial charge in [-0.25, -0.2) is 8.78 Å². The Labute approximate surface area is 111 Å². The maximum Gasteiger partial charge on any atom is 0.128 e. The van der Waals surface area contributed by atoms with E-state index in [0.717, 1.165) is 18.3 Å². The topological polar surface area (TPSA) is 17.0 Å². The average Bonchev–Trinajstić information content (AvgIpc) is 3.12. The lowest BCUT2D eigenvalue weighted by Crippen LogP contribution is -2.18. The van der Waals surface area contributed by atoms with E-state index in [1.807, 2.05) is 22.9 Å². The van der Waals surface area contributed by atoms with E-state index in [-0.39, 0.29) is 5.82 Å². The number of aromatic nitrogens is 1. The lowest BCUT2D eigenvalue weighted by molar-refractivity contribution is 0.569. The highest BCUT2D eigenvalue weighted by Crippen LogP contribution is 2.20. The van der Waals surface area contributed by atoms with Crippen LogP contribution in [0.15, 0.2) is 36.5 Å². The number of benzene rings is 1. The molecule has 2 nitrogen and oxygen atoms in total. The van der Waals surface area contributed by atoms with Gasteiger partial charge in [0, 0.05) is 30.0 Å². The van der Waals surface area contributed by atoms with Crippen LogP contribution in [0.5, 0.6) is 0 Å². The van der Waals surface area contributed by atoms with Crippen molar-refractivity contribution in [3.05, 3.63) is 59.4 Å². The minimum absolute atomic E-state index is 0.359. The molecular formula is C15H16F2N2. The zero-order valence-electron chi connectivity index (χ0n) is 10.6. The van der Waals surface area contributed by atoms with E-state index in [9.17, 15) is 8.78 Å². The normalized spacial score (nSPS) is 14.8. The number of halogens is 2. The Morgan fingerprint density at radius 3 is 2.84 bits per heavy atom. The third kappa shape index (κ3) is 3.01. The number of hydrogen-bond acceptors (Lipinski definition) is 1. The van der Waals surface area contributed by atoms with E-state index in [2.05, 4.69) is 5.32 Å². The molecule has 0 unspecified atom stereocenters. The van der Waals surface area contributed by atoms with Crippen LogP contribution in [0.2, 0.25) is 0 Å². The van der Waals surface area contributed by atoms with Crippen molar-refractivity contribution in [2.24, 2.45) is 0 Å². The van der Waals surface area contributed by atoms with Crippen LogP contribution in [0.1, 0.15) is 24.1 Å². The molecule has 1 heterocycles. The van der Waals surface area contributed by atoms with Crippen LogP contribution in [-0.2, 0) is 13.1 Å². The second-order valence-corrected chi connectivity index (χ2v) is 5.02. The van der Waals surface area contributed by atoms with Crippen molar-refractivity contribution >= 4 is 0 Å². The van der Waals surface area contributed by atoms with Crippen LogP contribution in [0.4, 0.5) is 8.78 Å². The lowest BCUT2D eigenvalue weighted by Gasteiger charge is -2.11. The number of hydrogen-bond donors (Lipinski definition) is 1. The summed E-state index contributed by atoms with van der Waals surface area (Å²) in [5.74, 6) is -0.766. The molecule has 2 aromatic rings. The Bertz CT molecular complexity index is 573. The predicted molar refractivity (Wildman–Crippen MR) is 69.8 cm³/mol. The fourth-order valence-electron chi connectivity index (χ4n) is 2.15. The summed E-state index contributed by atoms with van der Waals surface area (Å²) in [7, 11) is 0. The average molecular weight is 262 g/mol. The van der Waals surface area contributed by atoms with Gasteiger partial charge in [0.25, 0.3) is 0 Å². The standard InChI is InChI=1S/C15H16F2N2/c16-12-3-6-15(17)11(8-12)10-19-7-1-2-14(19)9-18-13-4-5-13/h1-3,6-8,13,18H,4-5,9-10H2. The molecule has 1 N–H and O–H groups in total. The molecule has 3 rings (SSSR count). The summed E-state index contributed by atoms with van der Waals surface area (Å²) in [6.07, 6.45) is 4.37. The largest absolute Gasteiger partial charge is 0.346 e. The molecule has 1 aliphatic carbocycles. The van der Waals surface area contributed by atoms with Crippen LogP contribution < -0.4 is 5.32 Å². The SMILES string of the molecule is Fc1ccc(F)c(Cn2cccc2CNC2CC2)c1. The molecular weight excluding hydrogens is 246 g/mol. The highest BCUT2D eigenvalue weighted by atomic mass is 19.1. The monoisotopic (exact) mass is 262 g/mol. The Morgan fingerprint density at radius 1 is 1.21 bits per heavy atom. The minimum atomic E-state index is -0.402. The molecule has 1 saturated carbocycles. The van der Waals surface area contributed by atoms with Gasteiger partial charge in [-0.3, -0.25) is 0 Å². The molecule has 0 atom stereocenters. The van der Waals surface area contributed by atoms with Gasteiger partial charge in [-0.05, 0) is 43.2 Å². The first-order valence-electron chi connectivity index (χ1n) is 6.54. The summed E-state index contributed by atoms with van der Waals surface area (Å²) in [5, 5.41) is 3.42. The maximum atomic E-state index is 13.6. The van der Waals surface area contributed by atoms with Crippen LogP contribution >= 0.6 is 0 Å². The first-order chi connectivity index (χ1) is 9.22. The van der Waals surface area contributed by atoms with Gasteiger partial charge < -0.3 is 9.88 Å². The Kier molecular flexibility index (Phi) is 3.34. The Morgan fingerprint density at radius 2 is 2.05 bits per heavy atom. The third-order valence-electron chi connectivity index (χ3n) is 3.42. The van der Waals surface area contributed by atoms with Gasteiger partial charge in [-0.15, -0.1) is 0 Å². The van der Waals surface area contributed by atoms with Gasteiger partial charge in [0.1, 0.15) is 11.6 Å². The number of rotatable bonds is 5. The van der Waals surface area contributed by atoms with Crippen molar-refractivity contribution in [1.82, 2.24) is 9.88 Å². The third-order valence-corrected chi connectivity index (χ3v) is 3.42. The van der Waals surface area contributed by atoms with Gasteiger partial charge in [0.15, 0.2) is 0 Å². The second-order valence-electron chi connectivity index (χ2n) is 5.02. The fraction of sp³-hybridized carbons (Fsp3) is 0.333. The Hall–Kier alpha value is -1.68. The zero-order chi connectivity index (χ0) is 13.2. The van der Waals surface area contributed by atoms with Gasteiger partial charge in [-0.1, -0.05) is 0 Å². The molecule has 4 heteroatoms. The molecule has 0 spiro atoms. The summed E-state index contributed by atoms with van der Waals surface area (Å²) in [4.78, 5) is 0. The molecule has 1 aromatic heterocycles. The molecule has 1 aromatic carbocycles. The summed E-state index contributed by atoms with van der Waals surface area (Å²) in [6.45, 7) is 1.13. The van der Waals surface area contributed by atoms with Gasteiger partial charge in [0.05, 0.1) is 6.54 Å². The molecule has 0 amide bonds. The maximum absolute atomic E-state index is 13.6. The van der Waals surface area contributed by atoms with Crippen LogP contribution in [0, 0.1) is 11.6 Å². The van der Waals surface area contributed by atoms with Crippen molar-refractivity contribution in [3.63, 3.8) is 0 Å². The minimum Gasteiger partial charge on any atom is -0.346 e. The van der Waals surface area contributed by atoms with E-state index in [1.54, 1.807) is 0 Å². The van der Waals surface area contributed by atoms with Gasteiger partial charge in [-0.2, -0.15) is 0 Å². The molecule has 0 bridgehead atoms. The molecule has 0 radical (unpaired) electrons. The first kappa shape index (κ1) is 12.4. The molecule has 19 heavy (non-hydrogen) atoms. The molecule has 100 valence electrons. The first-order valence-corrected chi connectivity index (χ1v) is 6.54. The van der Waals surface area contributed by atoms with Crippen LogP contribution in [0.3, 0.4) is 0 Å².